The number of hydrogen-bond donors (Lipinski definition) is 0. The maximum Gasteiger partial charge on any atom is 0.388 e. The van der Waals surface area contributed by atoms with Gasteiger partial charge in [-0.25, -0.2) is 4.99 Å². The summed E-state index contributed by atoms with van der Waals surface area (Å²) in [5, 5.41) is 6.58. The van der Waals surface area contributed by atoms with Crippen LogP contribution in [0.2, 0.25) is 0 Å². The molecule has 190 valence electrons. The Morgan fingerprint density at radius 3 is 1.89 bits per heavy atom. The molecule has 0 fully saturated rings. The molecule has 0 spiro atoms. The zero-order chi connectivity index (χ0) is 25.7. The van der Waals surface area contributed by atoms with Gasteiger partial charge in [0.2, 0.25) is 5.90 Å². The summed E-state index contributed by atoms with van der Waals surface area (Å²) < 4.78 is 25.6. The van der Waals surface area contributed by atoms with Gasteiger partial charge in [-0.1, -0.05) is 81.4 Å². The Kier molecular flexibility index (Phi) is 6.01. The summed E-state index contributed by atoms with van der Waals surface area (Å²) in [7, 11) is -1.79. The Labute approximate surface area is 217 Å². The van der Waals surface area contributed by atoms with Crippen molar-refractivity contribution in [1.82, 2.24) is 0 Å². The van der Waals surface area contributed by atoms with Crippen LogP contribution in [0.15, 0.2) is 86.2 Å². The molecule has 37 heavy (non-hydrogen) atoms. The monoisotopic (exact) mass is 513 g/mol. The minimum absolute atomic E-state index is 0.126. The molecule has 5 aromatic rings. The van der Waals surface area contributed by atoms with E-state index in [0.717, 1.165) is 43.5 Å². The average Bonchev–Trinajstić information content (AvgIpc) is 3.33. The Hall–Kier alpha value is -3.27. The summed E-state index contributed by atoms with van der Waals surface area (Å²) >= 11 is 0. The second kappa shape index (κ2) is 9.24. The molecule has 0 bridgehead atoms. The van der Waals surface area contributed by atoms with Crippen LogP contribution in [-0.4, -0.2) is 24.1 Å². The van der Waals surface area contributed by atoms with E-state index < -0.39 is 13.8 Å². The number of benzene rings is 4. The smallest absolute Gasteiger partial charge is 0.388 e. The Morgan fingerprint density at radius 2 is 1.35 bits per heavy atom. The topological polar surface area (TPSA) is 57.1 Å². The number of ether oxygens (including phenoxy) is 1. The SMILES string of the molecule is CC(C)[C@H](C)[C@H]1COC(C(C)(C)Op2oc3ccc4ccccc4c3c3c(ccc4ccccc43)o2)=N1. The molecule has 0 N–H and O–H groups in total. The molecule has 0 saturated carbocycles. The van der Waals surface area contributed by atoms with Gasteiger partial charge in [0.1, 0.15) is 17.8 Å². The van der Waals surface area contributed by atoms with Crippen LogP contribution in [0.1, 0.15) is 34.6 Å². The van der Waals surface area contributed by atoms with E-state index in [0.29, 0.717) is 24.3 Å². The standard InChI is InChI=1S/C31H32NO4P/c1-19(2)20(3)25-18-33-30(32-25)31(4,5)36-37-34-26-16-14-21-10-6-8-12-23(21)28(26)29-24-13-9-7-11-22(24)15-17-27(29)35-37/h6-17,19-20,25H,18H2,1-5H3/t20-,25+/m0/s1. The predicted octanol–water partition coefficient (Wildman–Crippen LogP) is 8.89. The fourth-order valence-corrected chi connectivity index (χ4v) is 6.23. The van der Waals surface area contributed by atoms with Crippen molar-refractivity contribution in [1.29, 1.82) is 0 Å². The van der Waals surface area contributed by atoms with E-state index >= 15 is 0 Å². The largest absolute Gasteiger partial charge is 0.477 e. The van der Waals surface area contributed by atoms with Crippen LogP contribution in [0.25, 0.3) is 43.5 Å². The van der Waals surface area contributed by atoms with Crippen LogP contribution in [0.5, 0.6) is 0 Å². The van der Waals surface area contributed by atoms with Gasteiger partial charge in [-0.15, -0.1) is 0 Å². The van der Waals surface area contributed by atoms with Gasteiger partial charge >= 0.3 is 8.24 Å². The van der Waals surface area contributed by atoms with Crippen molar-refractivity contribution in [3.8, 4) is 0 Å². The molecule has 0 amide bonds. The van der Waals surface area contributed by atoms with Gasteiger partial charge < -0.3 is 13.1 Å². The van der Waals surface area contributed by atoms with Crippen LogP contribution >= 0.6 is 8.24 Å². The van der Waals surface area contributed by atoms with Crippen LogP contribution in [0.4, 0.5) is 0 Å². The van der Waals surface area contributed by atoms with Gasteiger partial charge in [0.15, 0.2) is 5.60 Å². The summed E-state index contributed by atoms with van der Waals surface area (Å²) in [6.07, 6.45) is 0. The number of hydrogen-bond acceptors (Lipinski definition) is 5. The lowest BCUT2D eigenvalue weighted by Crippen LogP contribution is -2.37. The molecule has 0 saturated heterocycles. The maximum atomic E-state index is 6.53. The van der Waals surface area contributed by atoms with E-state index in [1.807, 2.05) is 26.0 Å². The number of nitrogens with zero attached hydrogens (tertiary/aromatic N) is 1. The highest BCUT2D eigenvalue weighted by molar-refractivity contribution is 7.32. The van der Waals surface area contributed by atoms with Crippen molar-refractivity contribution in [3.63, 3.8) is 0 Å². The fourth-order valence-electron chi connectivity index (χ4n) is 5.05. The highest BCUT2D eigenvalue weighted by Gasteiger charge is 2.37. The molecule has 1 aliphatic rings. The van der Waals surface area contributed by atoms with Gasteiger partial charge in [-0.2, -0.15) is 0 Å². The van der Waals surface area contributed by atoms with Crippen LogP contribution in [0.3, 0.4) is 0 Å². The zero-order valence-electron chi connectivity index (χ0n) is 21.9. The lowest BCUT2D eigenvalue weighted by Gasteiger charge is -2.21. The van der Waals surface area contributed by atoms with E-state index in [9.17, 15) is 0 Å². The molecule has 1 aromatic heterocycles. The molecule has 2 atom stereocenters. The molecule has 0 aliphatic carbocycles. The zero-order valence-corrected chi connectivity index (χ0v) is 22.8. The molecule has 0 radical (unpaired) electrons. The summed E-state index contributed by atoms with van der Waals surface area (Å²) in [6, 6.07) is 25.1. The fraction of sp³-hybridized carbons (Fsp3) is 0.323. The Morgan fingerprint density at radius 1 is 0.811 bits per heavy atom. The molecular weight excluding hydrogens is 481 g/mol. The third-order valence-corrected chi connectivity index (χ3v) is 8.82. The van der Waals surface area contributed by atoms with E-state index in [4.69, 9.17) is 22.6 Å². The van der Waals surface area contributed by atoms with Gasteiger partial charge in [0.25, 0.3) is 0 Å². The van der Waals surface area contributed by atoms with Gasteiger partial charge in [-0.3, -0.25) is 4.52 Å². The van der Waals surface area contributed by atoms with Crippen LogP contribution in [-0.2, 0) is 4.74 Å². The van der Waals surface area contributed by atoms with Gasteiger partial charge in [0, 0.05) is 10.8 Å². The molecule has 4 aromatic carbocycles. The van der Waals surface area contributed by atoms with Crippen molar-refractivity contribution in [2.75, 3.05) is 6.61 Å². The van der Waals surface area contributed by atoms with E-state index in [1.165, 1.54) is 0 Å². The lowest BCUT2D eigenvalue weighted by molar-refractivity contribution is 0.181. The second-order valence-corrected chi connectivity index (χ2v) is 11.7. The Balaban J connectivity index is 1.56. The molecule has 2 heterocycles. The van der Waals surface area contributed by atoms with E-state index in [1.54, 1.807) is 0 Å². The first kappa shape index (κ1) is 24.1. The molecule has 6 heteroatoms. The third kappa shape index (κ3) is 4.31. The summed E-state index contributed by atoms with van der Waals surface area (Å²) in [5.74, 6) is 1.54. The highest BCUT2D eigenvalue weighted by Crippen LogP contribution is 2.41. The number of fused-ring (bicyclic) bond motifs is 7. The van der Waals surface area contributed by atoms with Gasteiger partial charge in [0.05, 0.1) is 6.04 Å². The lowest BCUT2D eigenvalue weighted by atomic mass is 9.91. The minimum Gasteiger partial charge on any atom is -0.477 e. The highest BCUT2D eigenvalue weighted by atomic mass is 31.1. The second-order valence-electron chi connectivity index (χ2n) is 10.7. The minimum atomic E-state index is -1.79. The number of aliphatic imine (C=N–C) groups is 1. The van der Waals surface area contributed by atoms with E-state index in [-0.39, 0.29) is 6.04 Å². The normalized spacial score (nSPS) is 17.0. The number of rotatable bonds is 5. The van der Waals surface area contributed by atoms with Crippen molar-refractivity contribution >= 4 is 57.6 Å². The summed E-state index contributed by atoms with van der Waals surface area (Å²) in [4.78, 5) is 4.91. The van der Waals surface area contributed by atoms with Crippen LogP contribution < -0.4 is 4.52 Å². The van der Waals surface area contributed by atoms with Crippen molar-refractivity contribution in [2.24, 2.45) is 16.8 Å². The van der Waals surface area contributed by atoms with Crippen molar-refractivity contribution in [3.05, 3.63) is 72.8 Å². The molecule has 5 nitrogen and oxygen atoms in total. The first-order valence-corrected chi connectivity index (χ1v) is 14.0. The maximum absolute atomic E-state index is 6.53. The molecule has 0 unspecified atom stereocenters. The van der Waals surface area contributed by atoms with E-state index in [2.05, 4.69) is 81.4 Å². The summed E-state index contributed by atoms with van der Waals surface area (Å²) in [5.41, 5.74) is 0.683. The first-order chi connectivity index (χ1) is 17.8. The van der Waals surface area contributed by atoms with Gasteiger partial charge in [-0.05, 0) is 59.4 Å². The molecule has 6 rings (SSSR count). The van der Waals surface area contributed by atoms with Crippen molar-refractivity contribution in [2.45, 2.75) is 46.3 Å². The van der Waals surface area contributed by atoms with Crippen LogP contribution in [0, 0.1) is 11.8 Å². The predicted molar refractivity (Wildman–Crippen MR) is 153 cm³/mol. The first-order valence-electron chi connectivity index (χ1n) is 12.9. The molecule has 1 aliphatic heterocycles. The quantitative estimate of drug-likeness (QED) is 0.235. The third-order valence-electron chi connectivity index (χ3n) is 7.53. The van der Waals surface area contributed by atoms with Crippen molar-refractivity contribution < 1.29 is 17.7 Å². The molecular formula is C31H32NO4P. The summed E-state index contributed by atoms with van der Waals surface area (Å²) in [6.45, 7) is 11.2. The Bertz CT molecular complexity index is 1600. The average molecular weight is 514 g/mol.